The van der Waals surface area contributed by atoms with Crippen molar-refractivity contribution >= 4 is 23.2 Å². The number of ether oxygens (including phenoxy) is 1. The number of aromatic nitrogens is 2. The molecule has 0 radical (unpaired) electrons. The van der Waals surface area contributed by atoms with Gasteiger partial charge in [-0.2, -0.15) is 0 Å². The third-order valence-electron chi connectivity index (χ3n) is 4.63. The van der Waals surface area contributed by atoms with Crippen LogP contribution in [0, 0.1) is 5.82 Å². The number of hydrogen-bond acceptors (Lipinski definition) is 6. The summed E-state index contributed by atoms with van der Waals surface area (Å²) in [5.41, 5.74) is 8.27. The molecule has 0 atom stereocenters. The lowest BCUT2D eigenvalue weighted by atomic mass is 10.1. The summed E-state index contributed by atoms with van der Waals surface area (Å²) in [5.74, 6) is -0.864. The molecule has 0 unspecified atom stereocenters. The van der Waals surface area contributed by atoms with E-state index >= 15 is 0 Å². The first-order valence-electron chi connectivity index (χ1n) is 9.23. The van der Waals surface area contributed by atoms with Crippen LogP contribution in [0.2, 0.25) is 0 Å². The molecule has 148 valence electrons. The van der Waals surface area contributed by atoms with E-state index in [0.717, 1.165) is 18.8 Å². The average molecular weight is 393 g/mol. The molecule has 29 heavy (non-hydrogen) atoms. The van der Waals surface area contributed by atoms with E-state index in [1.165, 1.54) is 18.3 Å². The maximum Gasteiger partial charge on any atom is 0.255 e. The minimum atomic E-state index is -0.536. The number of hydrogen-bond donors (Lipinski definition) is 2. The normalized spacial score (nSPS) is 13.9. The second kappa shape index (κ2) is 8.24. The van der Waals surface area contributed by atoms with Crippen LogP contribution in [0.5, 0.6) is 0 Å². The van der Waals surface area contributed by atoms with Gasteiger partial charge in [-0.1, -0.05) is 12.1 Å². The molecule has 1 saturated heterocycles. The van der Waals surface area contributed by atoms with Crippen molar-refractivity contribution in [3.63, 3.8) is 0 Å². The largest absolute Gasteiger partial charge is 0.378 e. The summed E-state index contributed by atoms with van der Waals surface area (Å²) in [6.45, 7) is 2.76. The smallest absolute Gasteiger partial charge is 0.255 e. The molecule has 0 saturated carbocycles. The maximum absolute atomic E-state index is 14.2. The van der Waals surface area contributed by atoms with Gasteiger partial charge in [-0.05, 0) is 36.4 Å². The summed E-state index contributed by atoms with van der Waals surface area (Å²) in [6, 6.07) is 13.2. The Morgan fingerprint density at radius 2 is 1.93 bits per heavy atom. The monoisotopic (exact) mass is 393 g/mol. The second-order valence-electron chi connectivity index (χ2n) is 6.60. The zero-order chi connectivity index (χ0) is 20.2. The van der Waals surface area contributed by atoms with Crippen LogP contribution in [0.15, 0.2) is 54.7 Å². The van der Waals surface area contributed by atoms with E-state index in [4.69, 9.17) is 10.5 Å². The van der Waals surface area contributed by atoms with E-state index in [1.807, 2.05) is 24.3 Å². The number of nitrogens with one attached hydrogen (secondary N) is 1. The Kier molecular flexibility index (Phi) is 5.35. The standard InChI is InChI=1S/C21H20FN5O2/c22-16-12-14(17-5-6-24-21(23)26-17)11-15(13-16)20(28)25-18-3-1-2-4-19(18)27-7-9-29-10-8-27/h1-6,11-13H,7-10H2,(H,25,28)(H2,23,24,26). The number of morpholine rings is 1. The topological polar surface area (TPSA) is 93.4 Å². The molecule has 2 aromatic carbocycles. The summed E-state index contributed by atoms with van der Waals surface area (Å²) in [6.07, 6.45) is 1.49. The molecule has 0 aliphatic carbocycles. The quantitative estimate of drug-likeness (QED) is 0.708. The van der Waals surface area contributed by atoms with Crippen molar-refractivity contribution in [3.8, 4) is 11.3 Å². The summed E-state index contributed by atoms with van der Waals surface area (Å²) < 4.78 is 19.6. The lowest BCUT2D eigenvalue weighted by Gasteiger charge is -2.30. The first kappa shape index (κ1) is 18.8. The minimum Gasteiger partial charge on any atom is -0.378 e. The van der Waals surface area contributed by atoms with Crippen LogP contribution in [0.3, 0.4) is 0 Å². The summed E-state index contributed by atoms with van der Waals surface area (Å²) in [4.78, 5) is 23.0. The number of rotatable bonds is 4. The molecule has 1 fully saturated rings. The minimum absolute atomic E-state index is 0.0807. The zero-order valence-corrected chi connectivity index (χ0v) is 15.6. The van der Waals surface area contributed by atoms with Crippen molar-refractivity contribution in [2.45, 2.75) is 0 Å². The molecule has 0 spiro atoms. The van der Waals surface area contributed by atoms with Crippen LogP contribution in [0.25, 0.3) is 11.3 Å². The van der Waals surface area contributed by atoms with Crippen molar-refractivity contribution in [2.75, 3.05) is 42.3 Å². The van der Waals surface area contributed by atoms with Crippen LogP contribution in [-0.4, -0.2) is 42.2 Å². The Morgan fingerprint density at radius 1 is 1.14 bits per heavy atom. The predicted molar refractivity (Wildman–Crippen MR) is 109 cm³/mol. The molecular formula is C21H20FN5O2. The highest BCUT2D eigenvalue weighted by Crippen LogP contribution is 2.27. The Hall–Kier alpha value is -3.52. The van der Waals surface area contributed by atoms with Crippen LogP contribution in [-0.2, 0) is 4.74 Å². The third-order valence-corrected chi connectivity index (χ3v) is 4.63. The number of nitrogens with zero attached hydrogens (tertiary/aromatic N) is 3. The molecule has 0 bridgehead atoms. The lowest BCUT2D eigenvalue weighted by molar-refractivity contribution is 0.102. The maximum atomic E-state index is 14.2. The number of carbonyl (C=O) groups excluding carboxylic acids is 1. The second-order valence-corrected chi connectivity index (χ2v) is 6.60. The van der Waals surface area contributed by atoms with E-state index in [1.54, 1.807) is 12.1 Å². The number of amides is 1. The highest BCUT2D eigenvalue weighted by Gasteiger charge is 2.17. The van der Waals surface area contributed by atoms with E-state index in [9.17, 15) is 9.18 Å². The number of anilines is 3. The Bertz CT molecular complexity index is 1040. The highest BCUT2D eigenvalue weighted by atomic mass is 19.1. The summed E-state index contributed by atoms with van der Waals surface area (Å²) in [7, 11) is 0. The van der Waals surface area contributed by atoms with Crippen molar-refractivity contribution < 1.29 is 13.9 Å². The molecule has 1 aliphatic heterocycles. The predicted octanol–water partition coefficient (Wildman–Crippen LogP) is 2.95. The van der Waals surface area contributed by atoms with Gasteiger partial charge in [-0.3, -0.25) is 4.79 Å². The van der Waals surface area contributed by atoms with Crippen LogP contribution < -0.4 is 16.0 Å². The highest BCUT2D eigenvalue weighted by molar-refractivity contribution is 6.06. The third kappa shape index (κ3) is 4.33. The van der Waals surface area contributed by atoms with E-state index < -0.39 is 11.7 Å². The first-order chi connectivity index (χ1) is 14.1. The molecule has 8 heteroatoms. The fraction of sp³-hybridized carbons (Fsp3) is 0.190. The van der Waals surface area contributed by atoms with Crippen LogP contribution >= 0.6 is 0 Å². The van der Waals surface area contributed by atoms with Gasteiger partial charge in [-0.15, -0.1) is 0 Å². The van der Waals surface area contributed by atoms with Crippen molar-refractivity contribution in [1.29, 1.82) is 0 Å². The fourth-order valence-electron chi connectivity index (χ4n) is 3.26. The fourth-order valence-corrected chi connectivity index (χ4v) is 3.26. The Labute approximate surface area is 167 Å². The zero-order valence-electron chi connectivity index (χ0n) is 15.6. The number of halogens is 1. The molecular weight excluding hydrogens is 373 g/mol. The number of nitrogens with two attached hydrogens (primary N) is 1. The molecule has 2 heterocycles. The van der Waals surface area contributed by atoms with Gasteiger partial charge in [0.1, 0.15) is 5.82 Å². The van der Waals surface area contributed by atoms with E-state index in [0.29, 0.717) is 30.2 Å². The van der Waals surface area contributed by atoms with Gasteiger partial charge in [0, 0.05) is 30.4 Å². The first-order valence-corrected chi connectivity index (χ1v) is 9.23. The van der Waals surface area contributed by atoms with Crippen molar-refractivity contribution in [2.24, 2.45) is 0 Å². The molecule has 1 aliphatic rings. The van der Waals surface area contributed by atoms with Gasteiger partial charge >= 0.3 is 0 Å². The summed E-state index contributed by atoms with van der Waals surface area (Å²) >= 11 is 0. The van der Waals surface area contributed by atoms with E-state index in [2.05, 4.69) is 20.2 Å². The van der Waals surface area contributed by atoms with Crippen LogP contribution in [0.4, 0.5) is 21.7 Å². The van der Waals surface area contributed by atoms with Crippen molar-refractivity contribution in [3.05, 3.63) is 66.1 Å². The number of benzene rings is 2. The molecule has 7 nitrogen and oxygen atoms in total. The SMILES string of the molecule is Nc1nccc(-c2cc(F)cc(C(=O)Nc3ccccc3N3CCOCC3)c2)n1. The van der Waals surface area contributed by atoms with Gasteiger partial charge in [0.05, 0.1) is 30.3 Å². The van der Waals surface area contributed by atoms with Crippen LogP contribution in [0.1, 0.15) is 10.4 Å². The molecule has 1 aromatic heterocycles. The van der Waals surface area contributed by atoms with Crippen molar-refractivity contribution in [1.82, 2.24) is 9.97 Å². The molecule has 1 amide bonds. The van der Waals surface area contributed by atoms with Gasteiger partial charge in [0.2, 0.25) is 5.95 Å². The van der Waals surface area contributed by atoms with Gasteiger partial charge < -0.3 is 20.7 Å². The lowest BCUT2D eigenvalue weighted by Crippen LogP contribution is -2.36. The number of para-hydroxylation sites is 2. The summed E-state index contributed by atoms with van der Waals surface area (Å²) in [5, 5.41) is 2.90. The Balaban J connectivity index is 1.61. The number of carbonyl (C=O) groups is 1. The van der Waals surface area contributed by atoms with Gasteiger partial charge in [-0.25, -0.2) is 14.4 Å². The van der Waals surface area contributed by atoms with E-state index in [-0.39, 0.29) is 11.5 Å². The number of nitrogen functional groups attached to an aromatic ring is 1. The van der Waals surface area contributed by atoms with Gasteiger partial charge in [0.15, 0.2) is 0 Å². The average Bonchev–Trinajstić information content (AvgIpc) is 2.74. The molecule has 4 rings (SSSR count). The molecule has 3 N–H and O–H groups in total. The van der Waals surface area contributed by atoms with Gasteiger partial charge in [0.25, 0.3) is 5.91 Å². The Morgan fingerprint density at radius 3 is 2.72 bits per heavy atom. The molecule has 3 aromatic rings.